The number of anilines is 1. The minimum absolute atomic E-state index is 0.461. The van der Waals surface area contributed by atoms with Crippen LogP contribution in [0.5, 0.6) is 5.75 Å². The molecule has 88 valence electrons. The van der Waals surface area contributed by atoms with Crippen LogP contribution in [0.2, 0.25) is 0 Å². The van der Waals surface area contributed by atoms with E-state index in [0.29, 0.717) is 11.6 Å². The number of rotatable bonds is 1. The van der Waals surface area contributed by atoms with Gasteiger partial charge < -0.3 is 10.5 Å². The molecule has 17 heavy (non-hydrogen) atoms. The zero-order chi connectivity index (χ0) is 12.5. The van der Waals surface area contributed by atoms with E-state index in [-0.39, 0.29) is 0 Å². The molecule has 4 nitrogen and oxygen atoms in total. The maximum absolute atomic E-state index is 10.2. The summed E-state index contributed by atoms with van der Waals surface area (Å²) in [4.78, 5) is 13.9. The first-order valence-corrected chi connectivity index (χ1v) is 5.15. The number of hydrogen-bond donors (Lipinski definition) is 1. The molecule has 0 radical (unpaired) electrons. The molecule has 0 atom stereocenters. The van der Waals surface area contributed by atoms with Gasteiger partial charge in [0, 0.05) is 17.8 Å². The molecule has 0 fully saturated rings. The van der Waals surface area contributed by atoms with Crippen molar-refractivity contribution >= 4 is 22.8 Å². The van der Waals surface area contributed by atoms with E-state index in [2.05, 4.69) is 9.72 Å². The van der Waals surface area contributed by atoms with Gasteiger partial charge in [-0.05, 0) is 24.3 Å². The van der Waals surface area contributed by atoms with Gasteiger partial charge in [-0.25, -0.2) is 9.78 Å². The lowest BCUT2D eigenvalue weighted by atomic mass is 10.3. The second-order valence-electron chi connectivity index (χ2n) is 2.91. The number of carbonyl (C=O) groups excluding carboxylic acids is 1. The molecular weight excluding hydrogens is 240 g/mol. The topological polar surface area (TPSA) is 65.2 Å². The van der Waals surface area contributed by atoms with Crippen LogP contribution >= 0.6 is 11.6 Å². The van der Waals surface area contributed by atoms with Gasteiger partial charge >= 0.3 is 5.43 Å². The van der Waals surface area contributed by atoms with Crippen molar-refractivity contribution in [2.24, 2.45) is 0 Å². The zero-order valence-corrected chi connectivity index (χ0v) is 9.67. The third kappa shape index (κ3) is 6.17. The molecule has 0 spiro atoms. The molecule has 1 aromatic heterocycles. The van der Waals surface area contributed by atoms with Crippen LogP contribution in [0.25, 0.3) is 0 Å². The van der Waals surface area contributed by atoms with E-state index in [1.165, 1.54) is 0 Å². The van der Waals surface area contributed by atoms with Gasteiger partial charge in [-0.15, -0.1) is 0 Å². The van der Waals surface area contributed by atoms with Crippen molar-refractivity contribution in [1.82, 2.24) is 4.98 Å². The number of carbonyl (C=O) groups is 1. The first-order chi connectivity index (χ1) is 8.18. The molecule has 0 amide bonds. The normalized spacial score (nSPS) is 8.76. The van der Waals surface area contributed by atoms with Crippen LogP contribution in [0.15, 0.2) is 54.7 Å². The minimum Gasteiger partial charge on any atom is -0.415 e. The molecule has 0 saturated carbocycles. The SMILES string of the molecule is Nc1ccccn1.O=C(Cl)Oc1ccccc1. The van der Waals surface area contributed by atoms with Crippen LogP contribution in [0, 0.1) is 0 Å². The molecule has 5 heteroatoms. The van der Waals surface area contributed by atoms with Crippen LogP contribution in [0.4, 0.5) is 10.6 Å². The highest BCUT2D eigenvalue weighted by atomic mass is 35.5. The van der Waals surface area contributed by atoms with Crippen LogP contribution < -0.4 is 10.5 Å². The fourth-order valence-corrected chi connectivity index (χ4v) is 1.05. The molecule has 2 N–H and O–H groups in total. The van der Waals surface area contributed by atoms with Crippen LogP contribution in [-0.2, 0) is 0 Å². The fraction of sp³-hybridized carbons (Fsp3) is 0. The van der Waals surface area contributed by atoms with Crippen molar-refractivity contribution in [3.63, 3.8) is 0 Å². The lowest BCUT2D eigenvalue weighted by molar-refractivity contribution is 0.225. The van der Waals surface area contributed by atoms with Gasteiger partial charge in [-0.1, -0.05) is 24.3 Å². The predicted molar refractivity (Wildman–Crippen MR) is 67.0 cm³/mol. The van der Waals surface area contributed by atoms with E-state index >= 15 is 0 Å². The smallest absolute Gasteiger partial charge is 0.409 e. The largest absolute Gasteiger partial charge is 0.415 e. The van der Waals surface area contributed by atoms with Gasteiger partial charge in [-0.2, -0.15) is 0 Å². The molecule has 0 aliphatic heterocycles. The maximum atomic E-state index is 10.2. The number of nitrogens with two attached hydrogens (primary N) is 1. The van der Waals surface area contributed by atoms with Crippen LogP contribution in [0.3, 0.4) is 0 Å². The molecule has 1 aromatic carbocycles. The molecule has 2 aromatic rings. The summed E-state index contributed by atoms with van der Waals surface area (Å²) in [5.74, 6) is 1.03. The Morgan fingerprint density at radius 3 is 2.18 bits per heavy atom. The van der Waals surface area contributed by atoms with Gasteiger partial charge in [0.25, 0.3) is 0 Å². The third-order valence-corrected chi connectivity index (χ3v) is 1.71. The summed E-state index contributed by atoms with van der Waals surface area (Å²) in [5.41, 5.74) is 4.43. The van der Waals surface area contributed by atoms with Gasteiger partial charge in [-0.3, -0.25) is 0 Å². The average molecular weight is 251 g/mol. The van der Waals surface area contributed by atoms with Crippen molar-refractivity contribution in [2.45, 2.75) is 0 Å². The third-order valence-electron chi connectivity index (χ3n) is 1.63. The van der Waals surface area contributed by atoms with Crippen molar-refractivity contribution in [3.8, 4) is 5.75 Å². The number of aromatic nitrogens is 1. The number of benzene rings is 1. The Kier molecular flexibility index (Phi) is 5.54. The van der Waals surface area contributed by atoms with E-state index < -0.39 is 5.43 Å². The van der Waals surface area contributed by atoms with E-state index in [9.17, 15) is 4.79 Å². The molecule has 0 saturated heterocycles. The summed E-state index contributed by atoms with van der Waals surface area (Å²) in [6.07, 6.45) is 1.66. The van der Waals surface area contributed by atoms with Crippen molar-refractivity contribution in [2.75, 3.05) is 5.73 Å². The van der Waals surface area contributed by atoms with Gasteiger partial charge in [0.2, 0.25) is 0 Å². The summed E-state index contributed by atoms with van der Waals surface area (Å²) >= 11 is 4.95. The highest BCUT2D eigenvalue weighted by Crippen LogP contribution is 2.09. The van der Waals surface area contributed by atoms with Crippen molar-refractivity contribution in [1.29, 1.82) is 0 Å². The quantitative estimate of drug-likeness (QED) is 0.790. The zero-order valence-electron chi connectivity index (χ0n) is 8.92. The number of pyridine rings is 1. The Morgan fingerprint density at radius 2 is 1.76 bits per heavy atom. The monoisotopic (exact) mass is 250 g/mol. The molecule has 0 bridgehead atoms. The molecule has 1 heterocycles. The predicted octanol–water partition coefficient (Wildman–Crippen LogP) is 3.09. The van der Waals surface area contributed by atoms with Crippen LogP contribution in [0.1, 0.15) is 0 Å². The minimum atomic E-state index is -0.814. The van der Waals surface area contributed by atoms with Crippen LogP contribution in [-0.4, -0.2) is 10.4 Å². The number of hydrogen-bond acceptors (Lipinski definition) is 4. The number of nitrogens with zero attached hydrogens (tertiary/aromatic N) is 1. The van der Waals surface area contributed by atoms with E-state index in [1.807, 2.05) is 18.2 Å². The van der Waals surface area contributed by atoms with Gasteiger partial charge in [0.15, 0.2) is 0 Å². The van der Waals surface area contributed by atoms with Crippen molar-refractivity contribution < 1.29 is 9.53 Å². The molecule has 2 rings (SSSR count). The van der Waals surface area contributed by atoms with Crippen molar-refractivity contribution in [3.05, 3.63) is 54.7 Å². The molecular formula is C12H11ClN2O2. The first-order valence-electron chi connectivity index (χ1n) is 4.77. The lowest BCUT2D eigenvalue weighted by Crippen LogP contribution is -1.94. The first kappa shape index (κ1) is 13.0. The molecule has 0 aliphatic rings. The Morgan fingerprint density at radius 1 is 1.12 bits per heavy atom. The average Bonchev–Trinajstić information content (AvgIpc) is 2.31. The summed E-state index contributed by atoms with van der Waals surface area (Å²) in [7, 11) is 0. The number of halogens is 1. The number of para-hydroxylation sites is 1. The Hall–Kier alpha value is -2.07. The Balaban J connectivity index is 0.000000181. The fourth-order valence-electron chi connectivity index (χ4n) is 0.957. The van der Waals surface area contributed by atoms with E-state index in [4.69, 9.17) is 17.3 Å². The second kappa shape index (κ2) is 7.24. The summed E-state index contributed by atoms with van der Waals surface area (Å²) < 4.78 is 4.54. The van der Waals surface area contributed by atoms with E-state index in [0.717, 1.165) is 0 Å². The molecule has 0 unspecified atom stereocenters. The number of nitrogen functional groups attached to an aromatic ring is 1. The Bertz CT molecular complexity index is 449. The standard InChI is InChI=1S/C7H5ClO2.C5H6N2/c8-7(9)10-6-4-2-1-3-5-6;6-5-3-1-2-4-7-5/h1-5H;1-4H,(H2,6,7). The van der Waals surface area contributed by atoms with E-state index in [1.54, 1.807) is 36.5 Å². The highest BCUT2D eigenvalue weighted by Gasteiger charge is 1.95. The Labute approximate surface area is 104 Å². The second-order valence-corrected chi connectivity index (χ2v) is 3.22. The maximum Gasteiger partial charge on any atom is 0.409 e. The lowest BCUT2D eigenvalue weighted by Gasteiger charge is -1.95. The van der Waals surface area contributed by atoms with Gasteiger partial charge in [0.05, 0.1) is 0 Å². The molecule has 0 aliphatic carbocycles. The summed E-state index contributed by atoms with van der Waals surface area (Å²) in [6.45, 7) is 0. The highest BCUT2D eigenvalue weighted by molar-refractivity contribution is 6.61. The van der Waals surface area contributed by atoms with Gasteiger partial charge in [0.1, 0.15) is 11.6 Å². The number of ether oxygens (including phenoxy) is 1. The summed E-state index contributed by atoms with van der Waals surface area (Å²) in [6, 6.07) is 14.1. The summed E-state index contributed by atoms with van der Waals surface area (Å²) in [5, 5.41) is 0.